The van der Waals surface area contributed by atoms with E-state index in [2.05, 4.69) is 79.8 Å². The molecule has 0 radical (unpaired) electrons. The van der Waals surface area contributed by atoms with Crippen molar-refractivity contribution in [1.82, 2.24) is 4.98 Å². The van der Waals surface area contributed by atoms with Gasteiger partial charge in [0, 0.05) is 5.56 Å². The number of aromatic nitrogens is 2. The van der Waals surface area contributed by atoms with Crippen LogP contribution in [0, 0.1) is 12.8 Å². The predicted octanol–water partition coefficient (Wildman–Crippen LogP) is 4.23. The summed E-state index contributed by atoms with van der Waals surface area (Å²) in [6.07, 6.45) is 3.02. The molecule has 0 aliphatic rings. The van der Waals surface area contributed by atoms with Crippen LogP contribution in [0.5, 0.6) is 0 Å². The lowest BCUT2D eigenvalue weighted by atomic mass is 9.98. The number of rotatable bonds is 3. The first-order valence-corrected chi connectivity index (χ1v) is 7.89. The van der Waals surface area contributed by atoms with Crippen LogP contribution >= 0.6 is 0 Å². The molecule has 0 spiro atoms. The molecule has 0 saturated heterocycles. The van der Waals surface area contributed by atoms with Crippen LogP contribution in [0.1, 0.15) is 25.0 Å². The summed E-state index contributed by atoms with van der Waals surface area (Å²) >= 11 is 0. The van der Waals surface area contributed by atoms with Crippen molar-refractivity contribution in [3.05, 3.63) is 59.9 Å². The minimum absolute atomic E-state index is 0.660. The average Bonchev–Trinajstić information content (AvgIpc) is 2.48. The SMILES string of the molecule is Cc1ccccc1-c1c2ccc(CC(C)C)cc2nc[n+]1C. The fourth-order valence-electron chi connectivity index (χ4n) is 3.05. The highest BCUT2D eigenvalue weighted by molar-refractivity contribution is 5.91. The molecule has 2 heteroatoms. The Balaban J connectivity index is 2.22. The zero-order valence-electron chi connectivity index (χ0n) is 13.8. The Hall–Kier alpha value is -2.22. The van der Waals surface area contributed by atoms with Crippen LogP contribution in [0.15, 0.2) is 48.8 Å². The molecule has 2 aromatic carbocycles. The molecule has 0 amide bonds. The molecule has 112 valence electrons. The van der Waals surface area contributed by atoms with Gasteiger partial charge in [0.2, 0.25) is 0 Å². The Morgan fingerprint density at radius 2 is 1.86 bits per heavy atom. The van der Waals surface area contributed by atoms with Gasteiger partial charge in [-0.05, 0) is 47.5 Å². The van der Waals surface area contributed by atoms with Gasteiger partial charge >= 0.3 is 0 Å². The van der Waals surface area contributed by atoms with Crippen LogP contribution < -0.4 is 4.57 Å². The molecule has 1 aromatic heterocycles. The predicted molar refractivity (Wildman–Crippen MR) is 91.6 cm³/mol. The Morgan fingerprint density at radius 1 is 1.09 bits per heavy atom. The van der Waals surface area contributed by atoms with Gasteiger partial charge in [0.05, 0.1) is 12.4 Å². The van der Waals surface area contributed by atoms with E-state index in [0.29, 0.717) is 5.92 Å². The van der Waals surface area contributed by atoms with E-state index in [0.717, 1.165) is 11.9 Å². The molecule has 0 unspecified atom stereocenters. The van der Waals surface area contributed by atoms with Crippen LogP contribution in [0.3, 0.4) is 0 Å². The smallest absolute Gasteiger partial charge is 0.232 e. The monoisotopic (exact) mass is 291 g/mol. The molecular weight excluding hydrogens is 268 g/mol. The lowest BCUT2D eigenvalue weighted by Gasteiger charge is -2.10. The van der Waals surface area contributed by atoms with E-state index in [1.165, 1.54) is 27.8 Å². The topological polar surface area (TPSA) is 16.8 Å². The van der Waals surface area contributed by atoms with E-state index < -0.39 is 0 Å². The fraction of sp³-hybridized carbons (Fsp3) is 0.300. The van der Waals surface area contributed by atoms with Crippen molar-refractivity contribution >= 4 is 10.9 Å². The third-order valence-corrected chi connectivity index (χ3v) is 4.08. The second-order valence-electron chi connectivity index (χ2n) is 6.47. The molecule has 0 N–H and O–H groups in total. The fourth-order valence-corrected chi connectivity index (χ4v) is 3.05. The van der Waals surface area contributed by atoms with Crippen molar-refractivity contribution < 1.29 is 4.57 Å². The summed E-state index contributed by atoms with van der Waals surface area (Å²) in [4.78, 5) is 4.63. The maximum atomic E-state index is 4.63. The van der Waals surface area contributed by atoms with Gasteiger partial charge in [-0.2, -0.15) is 0 Å². The summed E-state index contributed by atoms with van der Waals surface area (Å²) < 4.78 is 2.12. The first kappa shape index (κ1) is 14.7. The van der Waals surface area contributed by atoms with Crippen LogP contribution in [-0.2, 0) is 13.5 Å². The van der Waals surface area contributed by atoms with Crippen molar-refractivity contribution in [3.8, 4) is 11.3 Å². The normalized spacial score (nSPS) is 11.3. The first-order chi connectivity index (χ1) is 10.6. The Kier molecular flexibility index (Phi) is 3.93. The minimum Gasteiger partial charge on any atom is -0.232 e. The molecule has 22 heavy (non-hydrogen) atoms. The van der Waals surface area contributed by atoms with Gasteiger partial charge in [-0.3, -0.25) is 0 Å². The molecular formula is C20H23N2+. The third-order valence-electron chi connectivity index (χ3n) is 4.08. The quantitative estimate of drug-likeness (QED) is 0.660. The number of fused-ring (bicyclic) bond motifs is 1. The zero-order chi connectivity index (χ0) is 15.7. The molecule has 0 atom stereocenters. The summed E-state index contributed by atoms with van der Waals surface area (Å²) in [5.74, 6) is 0.660. The average molecular weight is 291 g/mol. The number of benzene rings is 2. The number of hydrogen-bond donors (Lipinski definition) is 0. The molecule has 0 fully saturated rings. The van der Waals surface area contributed by atoms with Crippen LogP contribution in [0.25, 0.3) is 22.2 Å². The number of hydrogen-bond acceptors (Lipinski definition) is 1. The van der Waals surface area contributed by atoms with Gasteiger partial charge in [0.1, 0.15) is 5.69 Å². The molecule has 0 saturated carbocycles. The highest BCUT2D eigenvalue weighted by Crippen LogP contribution is 2.27. The van der Waals surface area contributed by atoms with E-state index in [1.807, 2.05) is 6.33 Å². The molecule has 0 aliphatic carbocycles. The molecule has 1 heterocycles. The minimum atomic E-state index is 0.660. The summed E-state index contributed by atoms with van der Waals surface area (Å²) in [5.41, 5.74) is 6.24. The van der Waals surface area contributed by atoms with Crippen molar-refractivity contribution in [1.29, 1.82) is 0 Å². The Labute approximate surface area is 132 Å². The summed E-state index contributed by atoms with van der Waals surface area (Å²) in [6, 6.07) is 15.2. The third kappa shape index (κ3) is 2.74. The molecule has 0 bridgehead atoms. The van der Waals surface area contributed by atoms with Gasteiger partial charge in [0.25, 0.3) is 6.33 Å². The Bertz CT molecular complexity index is 819. The van der Waals surface area contributed by atoms with E-state index in [1.54, 1.807) is 0 Å². The van der Waals surface area contributed by atoms with Crippen molar-refractivity contribution in [2.75, 3.05) is 0 Å². The van der Waals surface area contributed by atoms with Gasteiger partial charge in [-0.25, -0.2) is 4.57 Å². The maximum Gasteiger partial charge on any atom is 0.287 e. The second-order valence-corrected chi connectivity index (χ2v) is 6.47. The van der Waals surface area contributed by atoms with Crippen molar-refractivity contribution in [3.63, 3.8) is 0 Å². The summed E-state index contributed by atoms with van der Waals surface area (Å²) in [6.45, 7) is 6.66. The highest BCUT2D eigenvalue weighted by Gasteiger charge is 2.16. The standard InChI is InChI=1S/C20H23N2/c1-14(2)11-16-9-10-18-19(12-16)21-13-22(4)20(18)17-8-6-5-7-15(17)3/h5-10,12-14H,11H2,1-4H3/q+1. The van der Waals surface area contributed by atoms with Crippen molar-refractivity contribution in [2.45, 2.75) is 27.2 Å². The number of aryl methyl sites for hydroxylation is 2. The molecule has 2 nitrogen and oxygen atoms in total. The van der Waals surface area contributed by atoms with E-state index >= 15 is 0 Å². The van der Waals surface area contributed by atoms with E-state index in [-0.39, 0.29) is 0 Å². The largest absolute Gasteiger partial charge is 0.287 e. The second kappa shape index (κ2) is 5.88. The molecule has 0 aliphatic heterocycles. The zero-order valence-corrected chi connectivity index (χ0v) is 13.8. The van der Waals surface area contributed by atoms with Crippen LogP contribution in [0.4, 0.5) is 0 Å². The summed E-state index contributed by atoms with van der Waals surface area (Å²) in [7, 11) is 2.07. The number of nitrogens with zero attached hydrogens (tertiary/aromatic N) is 2. The van der Waals surface area contributed by atoms with E-state index in [4.69, 9.17) is 0 Å². The summed E-state index contributed by atoms with van der Waals surface area (Å²) in [5, 5.41) is 1.21. The maximum absolute atomic E-state index is 4.63. The highest BCUT2D eigenvalue weighted by atomic mass is 15.0. The van der Waals surface area contributed by atoms with E-state index in [9.17, 15) is 0 Å². The first-order valence-electron chi connectivity index (χ1n) is 7.89. The molecule has 3 aromatic rings. The van der Waals surface area contributed by atoms with Crippen LogP contribution in [-0.4, -0.2) is 4.98 Å². The Morgan fingerprint density at radius 3 is 2.59 bits per heavy atom. The van der Waals surface area contributed by atoms with Gasteiger partial charge < -0.3 is 0 Å². The van der Waals surface area contributed by atoms with Gasteiger partial charge in [-0.15, -0.1) is 0 Å². The lowest BCUT2D eigenvalue weighted by molar-refractivity contribution is -0.662. The lowest BCUT2D eigenvalue weighted by Crippen LogP contribution is -2.31. The van der Waals surface area contributed by atoms with Gasteiger partial charge in [0.15, 0.2) is 5.52 Å². The van der Waals surface area contributed by atoms with Gasteiger partial charge in [-0.1, -0.05) is 44.2 Å². The molecule has 3 rings (SSSR count). The van der Waals surface area contributed by atoms with Crippen molar-refractivity contribution in [2.24, 2.45) is 13.0 Å². The van der Waals surface area contributed by atoms with Crippen LogP contribution in [0.2, 0.25) is 0 Å².